The number of nitrogens with one attached hydrogen (secondary N) is 1. The highest BCUT2D eigenvalue weighted by molar-refractivity contribution is 7.92. The number of rotatable bonds is 4. The fraction of sp³-hybridized carbons (Fsp3) is 0.357. The Balaban J connectivity index is 1.87. The van der Waals surface area contributed by atoms with E-state index in [1.54, 1.807) is 12.1 Å². The predicted molar refractivity (Wildman–Crippen MR) is 94.4 cm³/mol. The molecule has 0 radical (unpaired) electrons. The molecule has 0 bridgehead atoms. The summed E-state index contributed by atoms with van der Waals surface area (Å²) in [5, 5.41) is 3.08. The smallest absolute Gasteiger partial charge is 0.226 e. The van der Waals surface area contributed by atoms with Crippen molar-refractivity contribution in [3.63, 3.8) is 0 Å². The van der Waals surface area contributed by atoms with Crippen molar-refractivity contribution in [3.8, 4) is 0 Å². The first kappa shape index (κ1) is 17.7. The summed E-state index contributed by atoms with van der Waals surface area (Å²) in [4.78, 5) is 4.20. The summed E-state index contributed by atoms with van der Waals surface area (Å²) in [5.41, 5.74) is 0.947. The van der Waals surface area contributed by atoms with Gasteiger partial charge in [-0.2, -0.15) is 0 Å². The van der Waals surface area contributed by atoms with Crippen LogP contribution in [0.1, 0.15) is 12.0 Å². The van der Waals surface area contributed by atoms with Gasteiger partial charge in [-0.15, -0.1) is 0 Å². The number of hydrogen-bond donors (Lipinski definition) is 1. The predicted octanol–water partition coefficient (Wildman–Crippen LogP) is 2.54. The number of nitrogens with zero attached hydrogens (tertiary/aromatic N) is 1. The fourth-order valence-corrected chi connectivity index (χ4v) is 6.98. The number of halogens is 1. The normalized spacial score (nSPS) is 20.2. The molecule has 10 heteroatoms. The molecular formula is C14H15ClN2O4S3. The summed E-state index contributed by atoms with van der Waals surface area (Å²) in [5.74, 6) is 0.141. The average molecular weight is 407 g/mol. The molecule has 1 saturated heterocycles. The first-order chi connectivity index (χ1) is 11.2. The van der Waals surface area contributed by atoms with Gasteiger partial charge < -0.3 is 5.32 Å². The van der Waals surface area contributed by atoms with Crippen LogP contribution in [0, 0.1) is 6.92 Å². The highest BCUT2D eigenvalue weighted by atomic mass is 35.5. The fourth-order valence-electron chi connectivity index (χ4n) is 2.43. The molecule has 0 aliphatic carbocycles. The van der Waals surface area contributed by atoms with Gasteiger partial charge in [0.25, 0.3) is 0 Å². The van der Waals surface area contributed by atoms with Gasteiger partial charge >= 0.3 is 0 Å². The van der Waals surface area contributed by atoms with Crippen LogP contribution in [0.3, 0.4) is 0 Å². The summed E-state index contributed by atoms with van der Waals surface area (Å²) in [6, 6.07) is 6.16. The zero-order chi connectivity index (χ0) is 17.5. The summed E-state index contributed by atoms with van der Waals surface area (Å²) in [7, 11) is -6.84. The van der Waals surface area contributed by atoms with Crippen LogP contribution in [0.5, 0.6) is 0 Å². The molecule has 1 aliphatic heterocycles. The number of aromatic nitrogens is 1. The average Bonchev–Trinajstić information content (AvgIpc) is 3.02. The molecule has 0 unspecified atom stereocenters. The van der Waals surface area contributed by atoms with Gasteiger partial charge in [0.05, 0.1) is 16.4 Å². The van der Waals surface area contributed by atoms with Gasteiger partial charge in [0.2, 0.25) is 9.84 Å². The maximum Gasteiger partial charge on any atom is 0.226 e. The summed E-state index contributed by atoms with van der Waals surface area (Å²) < 4.78 is 48.4. The van der Waals surface area contributed by atoms with Crippen LogP contribution in [-0.2, 0) is 19.7 Å². The number of benzene rings is 1. The quantitative estimate of drug-likeness (QED) is 0.838. The number of hydrogen-bond acceptors (Lipinski definition) is 7. The molecule has 2 heterocycles. The van der Waals surface area contributed by atoms with Crippen LogP contribution in [0.2, 0.25) is 4.34 Å². The monoisotopic (exact) mass is 406 g/mol. The van der Waals surface area contributed by atoms with E-state index in [0.717, 1.165) is 16.9 Å². The Morgan fingerprint density at radius 3 is 2.54 bits per heavy atom. The second-order valence-corrected chi connectivity index (χ2v) is 11.4. The van der Waals surface area contributed by atoms with E-state index >= 15 is 0 Å². The van der Waals surface area contributed by atoms with E-state index in [1.807, 2.05) is 6.92 Å². The maximum absolute atomic E-state index is 12.7. The molecule has 3 rings (SSSR count). The molecule has 1 aromatic heterocycles. The van der Waals surface area contributed by atoms with Gasteiger partial charge in [-0.05, 0) is 25.5 Å². The molecule has 1 aromatic carbocycles. The molecule has 2 aromatic rings. The summed E-state index contributed by atoms with van der Waals surface area (Å²) in [6.45, 7) is 1.86. The molecule has 130 valence electrons. The molecule has 1 fully saturated rings. The Morgan fingerprint density at radius 2 is 1.96 bits per heavy atom. The molecule has 0 amide bonds. The minimum atomic E-state index is -3.81. The maximum atomic E-state index is 12.7. The van der Waals surface area contributed by atoms with Crippen molar-refractivity contribution >= 4 is 47.7 Å². The Hall–Kier alpha value is -1.16. The van der Waals surface area contributed by atoms with Crippen LogP contribution in [0.4, 0.5) is 5.13 Å². The Morgan fingerprint density at radius 1 is 1.29 bits per heavy atom. The van der Waals surface area contributed by atoms with Crippen LogP contribution in [-0.4, -0.2) is 39.4 Å². The molecule has 24 heavy (non-hydrogen) atoms. The van der Waals surface area contributed by atoms with E-state index in [-0.39, 0.29) is 31.8 Å². The van der Waals surface area contributed by atoms with E-state index in [0.29, 0.717) is 11.6 Å². The number of thiazole rings is 1. The van der Waals surface area contributed by atoms with E-state index in [1.165, 1.54) is 12.1 Å². The van der Waals surface area contributed by atoms with Gasteiger partial charge in [0.1, 0.15) is 4.34 Å². The van der Waals surface area contributed by atoms with Gasteiger partial charge in [0.15, 0.2) is 20.0 Å². The van der Waals surface area contributed by atoms with E-state index < -0.39 is 19.7 Å². The van der Waals surface area contributed by atoms with Crippen LogP contribution < -0.4 is 5.32 Å². The third-order valence-electron chi connectivity index (χ3n) is 3.70. The topological polar surface area (TPSA) is 93.2 Å². The number of aryl methyl sites for hydroxylation is 1. The lowest BCUT2D eigenvalue weighted by Crippen LogP contribution is -2.20. The number of anilines is 1. The zero-order valence-electron chi connectivity index (χ0n) is 12.7. The molecule has 1 atom stereocenters. The Kier molecular flexibility index (Phi) is 4.63. The van der Waals surface area contributed by atoms with Crippen molar-refractivity contribution in [3.05, 3.63) is 34.2 Å². The Bertz CT molecular complexity index is 966. The molecular weight excluding hydrogens is 392 g/mol. The molecule has 1 N–H and O–H groups in total. The van der Waals surface area contributed by atoms with Crippen LogP contribution in [0.15, 0.2) is 34.2 Å². The van der Waals surface area contributed by atoms with Crippen molar-refractivity contribution in [2.45, 2.75) is 29.3 Å². The van der Waals surface area contributed by atoms with Crippen molar-refractivity contribution < 1.29 is 16.8 Å². The minimum Gasteiger partial charge on any atom is -0.358 e. The largest absolute Gasteiger partial charge is 0.358 e. The summed E-state index contributed by atoms with van der Waals surface area (Å²) in [6.07, 6.45) is 0.472. The van der Waals surface area contributed by atoms with Gasteiger partial charge in [-0.3, -0.25) is 0 Å². The SMILES string of the molecule is Cc1ccc(S(=O)(=O)c2nc(N[C@@H]3CCS(=O)(=O)C3)sc2Cl)cc1. The van der Waals surface area contributed by atoms with Crippen molar-refractivity contribution in [1.82, 2.24) is 4.98 Å². The second-order valence-electron chi connectivity index (χ2n) is 5.66. The summed E-state index contributed by atoms with van der Waals surface area (Å²) >= 11 is 7.07. The molecule has 0 spiro atoms. The standard InChI is InChI=1S/C14H15ClN2O4S3/c1-9-2-4-11(5-3-9)24(20,21)13-12(15)22-14(17-13)16-10-6-7-23(18,19)8-10/h2-5,10H,6-8H2,1H3,(H,16,17)/t10-/m1/s1. The van der Waals surface area contributed by atoms with Crippen molar-refractivity contribution in [2.24, 2.45) is 0 Å². The second kappa shape index (κ2) is 6.29. The Labute approximate surface area is 149 Å². The first-order valence-electron chi connectivity index (χ1n) is 7.12. The zero-order valence-corrected chi connectivity index (χ0v) is 15.9. The molecule has 6 nitrogen and oxygen atoms in total. The third-order valence-corrected chi connectivity index (χ3v) is 8.60. The van der Waals surface area contributed by atoms with Gasteiger partial charge in [-0.1, -0.05) is 40.6 Å². The third kappa shape index (κ3) is 3.58. The highest BCUT2D eigenvalue weighted by Gasteiger charge is 2.30. The van der Waals surface area contributed by atoms with E-state index in [9.17, 15) is 16.8 Å². The minimum absolute atomic E-state index is 0.0181. The van der Waals surface area contributed by atoms with E-state index in [4.69, 9.17) is 11.6 Å². The van der Waals surface area contributed by atoms with Crippen molar-refractivity contribution in [1.29, 1.82) is 0 Å². The van der Waals surface area contributed by atoms with Crippen LogP contribution >= 0.6 is 22.9 Å². The number of sulfone groups is 2. The van der Waals surface area contributed by atoms with Crippen molar-refractivity contribution in [2.75, 3.05) is 16.8 Å². The lowest BCUT2D eigenvalue weighted by Gasteiger charge is -2.08. The first-order valence-corrected chi connectivity index (χ1v) is 11.6. The highest BCUT2D eigenvalue weighted by Crippen LogP contribution is 2.35. The molecule has 1 aliphatic rings. The van der Waals surface area contributed by atoms with E-state index in [2.05, 4.69) is 10.3 Å². The molecule has 0 saturated carbocycles. The van der Waals surface area contributed by atoms with Gasteiger partial charge in [0, 0.05) is 6.04 Å². The van der Waals surface area contributed by atoms with Crippen LogP contribution in [0.25, 0.3) is 0 Å². The lowest BCUT2D eigenvalue weighted by atomic mass is 10.2. The van der Waals surface area contributed by atoms with Gasteiger partial charge in [-0.25, -0.2) is 21.8 Å². The lowest BCUT2D eigenvalue weighted by molar-refractivity contribution is 0.592.